The van der Waals surface area contributed by atoms with Crippen molar-refractivity contribution in [3.05, 3.63) is 51.8 Å². The topological polar surface area (TPSA) is 71.6 Å². The lowest BCUT2D eigenvalue weighted by Crippen LogP contribution is -2.36. The van der Waals surface area contributed by atoms with Crippen molar-refractivity contribution in [2.75, 3.05) is 20.8 Å². The van der Waals surface area contributed by atoms with Crippen molar-refractivity contribution < 1.29 is 19.1 Å². The molecule has 0 bridgehead atoms. The van der Waals surface area contributed by atoms with Crippen LogP contribution in [0.25, 0.3) is 0 Å². The first kappa shape index (κ1) is 21.7. The minimum absolute atomic E-state index is 0.0646. The third kappa shape index (κ3) is 4.44. The average Bonchev–Trinajstić information content (AvgIpc) is 2.95. The van der Waals surface area contributed by atoms with Crippen molar-refractivity contribution >= 4 is 11.8 Å². The third-order valence-electron chi connectivity index (χ3n) is 5.06. The SMILES string of the molecule is CCOC(=O)c1c(C)[nH]c(C(=O)[C@H](C)N(C)Cc2cc(C)ccc2OC)c1C. The van der Waals surface area contributed by atoms with Crippen LogP contribution >= 0.6 is 0 Å². The predicted molar refractivity (Wildman–Crippen MR) is 109 cm³/mol. The van der Waals surface area contributed by atoms with E-state index < -0.39 is 5.97 Å². The lowest BCUT2D eigenvalue weighted by molar-refractivity contribution is 0.0525. The number of hydrogen-bond donors (Lipinski definition) is 1. The highest BCUT2D eigenvalue weighted by Gasteiger charge is 2.27. The Hall–Kier alpha value is -2.60. The van der Waals surface area contributed by atoms with Gasteiger partial charge in [-0.2, -0.15) is 0 Å². The smallest absolute Gasteiger partial charge is 0.340 e. The number of aryl methyl sites for hydroxylation is 2. The summed E-state index contributed by atoms with van der Waals surface area (Å²) < 4.78 is 10.6. The Kier molecular flexibility index (Phi) is 7.02. The summed E-state index contributed by atoms with van der Waals surface area (Å²) in [6, 6.07) is 5.63. The Morgan fingerprint density at radius 1 is 1.21 bits per heavy atom. The van der Waals surface area contributed by atoms with Crippen LogP contribution < -0.4 is 4.74 Å². The zero-order valence-electron chi connectivity index (χ0n) is 17.8. The highest BCUT2D eigenvalue weighted by Crippen LogP contribution is 2.24. The number of aromatic amines is 1. The zero-order valence-corrected chi connectivity index (χ0v) is 17.8. The molecule has 0 saturated carbocycles. The number of carbonyl (C=O) groups is 2. The van der Waals surface area contributed by atoms with Crippen molar-refractivity contribution in [2.24, 2.45) is 0 Å². The summed E-state index contributed by atoms with van der Waals surface area (Å²) in [5.74, 6) is 0.331. The standard InChI is InChI=1S/C22H30N2O4/c1-8-28-22(26)19-14(3)20(23-15(19)4)21(25)16(5)24(6)12-17-11-13(2)9-10-18(17)27-7/h9-11,16,23H,8,12H2,1-7H3/t16-/m0/s1. The Bertz CT molecular complexity index is 870. The van der Waals surface area contributed by atoms with Crippen molar-refractivity contribution in [3.63, 3.8) is 0 Å². The van der Waals surface area contributed by atoms with E-state index in [9.17, 15) is 9.59 Å². The molecule has 1 N–H and O–H groups in total. The third-order valence-corrected chi connectivity index (χ3v) is 5.06. The maximum Gasteiger partial charge on any atom is 0.340 e. The number of nitrogens with one attached hydrogen (secondary N) is 1. The van der Waals surface area contributed by atoms with Gasteiger partial charge in [-0.3, -0.25) is 9.69 Å². The van der Waals surface area contributed by atoms with Gasteiger partial charge < -0.3 is 14.5 Å². The molecule has 0 unspecified atom stereocenters. The molecule has 0 aliphatic carbocycles. The fourth-order valence-corrected chi connectivity index (χ4v) is 3.35. The quantitative estimate of drug-likeness (QED) is 0.551. The van der Waals surface area contributed by atoms with Gasteiger partial charge in [-0.25, -0.2) is 4.79 Å². The summed E-state index contributed by atoms with van der Waals surface area (Å²) in [6.07, 6.45) is 0. The van der Waals surface area contributed by atoms with Crippen LogP contribution in [0.2, 0.25) is 0 Å². The Labute approximate surface area is 166 Å². The van der Waals surface area contributed by atoms with Gasteiger partial charge >= 0.3 is 5.97 Å². The van der Waals surface area contributed by atoms with Gasteiger partial charge in [-0.1, -0.05) is 17.7 Å². The molecule has 0 aliphatic rings. The number of ether oxygens (including phenoxy) is 2. The molecule has 0 saturated heterocycles. The van der Waals surface area contributed by atoms with E-state index in [1.54, 1.807) is 27.9 Å². The van der Waals surface area contributed by atoms with Crippen LogP contribution in [0.1, 0.15) is 57.1 Å². The van der Waals surface area contributed by atoms with E-state index in [2.05, 4.69) is 11.1 Å². The molecule has 2 aromatic rings. The molecule has 0 spiro atoms. The lowest BCUT2D eigenvalue weighted by Gasteiger charge is -2.24. The second kappa shape index (κ2) is 9.06. The molecule has 2 rings (SSSR count). The van der Waals surface area contributed by atoms with Crippen molar-refractivity contribution in [3.8, 4) is 5.75 Å². The molecule has 6 nitrogen and oxygen atoms in total. The largest absolute Gasteiger partial charge is 0.496 e. The van der Waals surface area contributed by atoms with E-state index in [0.29, 0.717) is 35.7 Å². The second-order valence-electron chi connectivity index (χ2n) is 7.12. The second-order valence-corrected chi connectivity index (χ2v) is 7.12. The summed E-state index contributed by atoms with van der Waals surface area (Å²) in [7, 11) is 3.55. The molecule has 6 heteroatoms. The van der Waals surface area contributed by atoms with E-state index in [1.165, 1.54) is 0 Å². The number of likely N-dealkylation sites (N-methyl/N-ethyl adjacent to an activating group) is 1. The molecule has 152 valence electrons. The number of esters is 1. The monoisotopic (exact) mass is 386 g/mol. The number of carbonyl (C=O) groups excluding carboxylic acids is 2. The summed E-state index contributed by atoms with van der Waals surface area (Å²) >= 11 is 0. The summed E-state index contributed by atoms with van der Waals surface area (Å²) in [4.78, 5) is 30.4. The van der Waals surface area contributed by atoms with E-state index in [4.69, 9.17) is 9.47 Å². The molecule has 1 aromatic carbocycles. The molecule has 0 amide bonds. The molecule has 0 radical (unpaired) electrons. The van der Waals surface area contributed by atoms with Crippen LogP contribution in [-0.4, -0.2) is 48.4 Å². The maximum atomic E-state index is 13.1. The zero-order chi connectivity index (χ0) is 21.0. The molecular formula is C22H30N2O4. The number of methoxy groups -OCH3 is 1. The summed E-state index contributed by atoms with van der Waals surface area (Å²) in [5.41, 5.74) is 4.34. The minimum Gasteiger partial charge on any atom is -0.496 e. The number of aromatic nitrogens is 1. The Morgan fingerprint density at radius 3 is 2.50 bits per heavy atom. The molecule has 1 heterocycles. The van der Waals surface area contributed by atoms with Gasteiger partial charge in [-0.05, 0) is 53.3 Å². The number of H-pyrrole nitrogens is 1. The van der Waals surface area contributed by atoms with Crippen LogP contribution in [0.15, 0.2) is 18.2 Å². The maximum absolute atomic E-state index is 13.1. The number of ketones is 1. The Morgan fingerprint density at radius 2 is 1.89 bits per heavy atom. The van der Waals surface area contributed by atoms with E-state index >= 15 is 0 Å². The van der Waals surface area contributed by atoms with Gasteiger partial charge in [0.15, 0.2) is 5.78 Å². The normalized spacial score (nSPS) is 12.1. The highest BCUT2D eigenvalue weighted by molar-refractivity contribution is 6.03. The first-order valence-corrected chi connectivity index (χ1v) is 9.45. The molecule has 0 fully saturated rings. The van der Waals surface area contributed by atoms with Crippen LogP contribution in [0.5, 0.6) is 5.75 Å². The first-order chi connectivity index (χ1) is 13.2. The van der Waals surface area contributed by atoms with Crippen molar-refractivity contribution in [2.45, 2.75) is 47.2 Å². The molecule has 1 atom stereocenters. The van der Waals surface area contributed by atoms with Crippen molar-refractivity contribution in [1.29, 1.82) is 0 Å². The van der Waals surface area contributed by atoms with Gasteiger partial charge in [0.05, 0.1) is 31.0 Å². The van der Waals surface area contributed by atoms with Crippen molar-refractivity contribution in [1.82, 2.24) is 9.88 Å². The van der Waals surface area contributed by atoms with Gasteiger partial charge in [0.2, 0.25) is 0 Å². The first-order valence-electron chi connectivity index (χ1n) is 9.45. The number of Topliss-reactive ketones (excluding diaryl/α,β-unsaturated/α-hetero) is 1. The fraction of sp³-hybridized carbons (Fsp3) is 0.455. The fourth-order valence-electron chi connectivity index (χ4n) is 3.35. The number of benzene rings is 1. The van der Waals surface area contributed by atoms with Crippen LogP contribution in [0.3, 0.4) is 0 Å². The van der Waals surface area contributed by atoms with Gasteiger partial charge in [0.1, 0.15) is 5.75 Å². The molecule has 28 heavy (non-hydrogen) atoms. The van der Waals surface area contributed by atoms with Gasteiger partial charge in [0.25, 0.3) is 0 Å². The lowest BCUT2D eigenvalue weighted by atomic mass is 10.0. The number of hydrogen-bond acceptors (Lipinski definition) is 5. The Balaban J connectivity index is 2.24. The van der Waals surface area contributed by atoms with E-state index in [0.717, 1.165) is 16.9 Å². The van der Waals surface area contributed by atoms with Crippen LogP contribution in [-0.2, 0) is 11.3 Å². The van der Waals surface area contributed by atoms with Crippen LogP contribution in [0.4, 0.5) is 0 Å². The van der Waals surface area contributed by atoms with E-state index in [-0.39, 0.29) is 11.8 Å². The summed E-state index contributed by atoms with van der Waals surface area (Å²) in [5, 5.41) is 0. The van der Waals surface area contributed by atoms with Crippen LogP contribution in [0, 0.1) is 20.8 Å². The molecular weight excluding hydrogens is 356 g/mol. The van der Waals surface area contributed by atoms with E-state index in [1.807, 2.05) is 37.9 Å². The predicted octanol–water partition coefficient (Wildman–Crippen LogP) is 3.83. The molecule has 0 aliphatic heterocycles. The average molecular weight is 386 g/mol. The number of nitrogens with zero attached hydrogens (tertiary/aromatic N) is 1. The number of rotatable bonds is 8. The highest BCUT2D eigenvalue weighted by atomic mass is 16.5. The van der Waals surface area contributed by atoms with Gasteiger partial charge in [0, 0.05) is 17.8 Å². The molecule has 1 aromatic heterocycles. The minimum atomic E-state index is -0.404. The van der Waals surface area contributed by atoms with Gasteiger partial charge in [-0.15, -0.1) is 0 Å². The summed E-state index contributed by atoms with van der Waals surface area (Å²) in [6.45, 7) is 10.1.